The van der Waals surface area contributed by atoms with Crippen molar-refractivity contribution in [2.24, 2.45) is 0 Å². The van der Waals surface area contributed by atoms with Gasteiger partial charge < -0.3 is 19.9 Å². The minimum Gasteiger partial charge on any atom is -0.508 e. The molecular weight excluding hydrogens is 447 g/mol. The molecule has 7 nitrogen and oxygen atoms in total. The normalized spacial score (nSPS) is 11.2. The number of ether oxygens (including phenoxy) is 2. The van der Waals surface area contributed by atoms with E-state index in [1.54, 1.807) is 24.3 Å². The fraction of sp³-hybridized carbons (Fsp3) is 0.190. The van der Waals surface area contributed by atoms with Gasteiger partial charge in [-0.25, -0.2) is 9.97 Å². The molecule has 168 valence electrons. The van der Waals surface area contributed by atoms with Gasteiger partial charge in [0.1, 0.15) is 11.4 Å². The summed E-state index contributed by atoms with van der Waals surface area (Å²) in [4.78, 5) is 19.9. The van der Waals surface area contributed by atoms with Crippen LogP contribution in [0, 0.1) is 0 Å². The van der Waals surface area contributed by atoms with Gasteiger partial charge >= 0.3 is 6.18 Å². The molecule has 32 heavy (non-hydrogen) atoms. The Kier molecular flexibility index (Phi) is 7.08. The topological polar surface area (TPSA) is 93.6 Å². The Bertz CT molecular complexity index is 1130. The zero-order valence-corrected chi connectivity index (χ0v) is 17.8. The third-order valence-corrected chi connectivity index (χ3v) is 4.98. The summed E-state index contributed by atoms with van der Waals surface area (Å²) in [6.07, 6.45) is -4.70. The summed E-state index contributed by atoms with van der Waals surface area (Å²) >= 11 is 0.756. The van der Waals surface area contributed by atoms with Crippen LogP contribution in [0.3, 0.4) is 0 Å². The van der Waals surface area contributed by atoms with Crippen LogP contribution in [-0.2, 0) is 11.0 Å². The fourth-order valence-electron chi connectivity index (χ4n) is 2.69. The van der Waals surface area contributed by atoms with Crippen molar-refractivity contribution in [2.45, 2.75) is 11.3 Å². The number of aromatic hydroxyl groups is 1. The summed E-state index contributed by atoms with van der Waals surface area (Å²) < 4.78 is 50.6. The summed E-state index contributed by atoms with van der Waals surface area (Å²) in [5.41, 5.74) is -0.398. The van der Waals surface area contributed by atoms with E-state index >= 15 is 0 Å². The average Bonchev–Trinajstić information content (AvgIpc) is 2.76. The number of amides is 1. The number of aromatic nitrogens is 2. The second-order valence-corrected chi connectivity index (χ2v) is 7.32. The lowest BCUT2D eigenvalue weighted by molar-refractivity contribution is -0.141. The Balaban J connectivity index is 1.85. The lowest BCUT2D eigenvalue weighted by atomic mass is 10.1. The second kappa shape index (κ2) is 9.77. The smallest absolute Gasteiger partial charge is 0.433 e. The van der Waals surface area contributed by atoms with Gasteiger partial charge in [-0.3, -0.25) is 4.79 Å². The summed E-state index contributed by atoms with van der Waals surface area (Å²) in [5.74, 6) is -0.00977. The lowest BCUT2D eigenvalue weighted by Crippen LogP contribution is -2.15. The van der Waals surface area contributed by atoms with Gasteiger partial charge in [-0.15, -0.1) is 0 Å². The summed E-state index contributed by atoms with van der Waals surface area (Å²) in [7, 11) is 2.86. The molecule has 11 heteroatoms. The first-order valence-electron chi connectivity index (χ1n) is 9.10. The van der Waals surface area contributed by atoms with Crippen LogP contribution in [0.15, 0.2) is 53.7 Å². The van der Waals surface area contributed by atoms with Gasteiger partial charge in [-0.1, -0.05) is 17.8 Å². The van der Waals surface area contributed by atoms with E-state index in [0.29, 0.717) is 22.7 Å². The Hall–Kier alpha value is -3.47. The van der Waals surface area contributed by atoms with Crippen LogP contribution < -0.4 is 14.8 Å². The molecule has 0 spiro atoms. The third kappa shape index (κ3) is 5.82. The number of carbonyl (C=O) groups is 1. The lowest BCUT2D eigenvalue weighted by Gasteiger charge is -2.12. The first-order valence-corrected chi connectivity index (χ1v) is 10.1. The van der Waals surface area contributed by atoms with Crippen LogP contribution in [0.25, 0.3) is 11.3 Å². The molecule has 0 aliphatic rings. The number of anilines is 1. The molecule has 0 unspecified atom stereocenters. The molecule has 0 fully saturated rings. The Morgan fingerprint density at radius 2 is 1.81 bits per heavy atom. The third-order valence-electron chi connectivity index (χ3n) is 4.14. The van der Waals surface area contributed by atoms with Gasteiger partial charge in [-0.05, 0) is 36.4 Å². The first-order chi connectivity index (χ1) is 15.2. The van der Waals surface area contributed by atoms with Gasteiger partial charge in [0.2, 0.25) is 5.91 Å². The van der Waals surface area contributed by atoms with E-state index in [4.69, 9.17) is 9.47 Å². The molecule has 3 rings (SSSR count). The van der Waals surface area contributed by atoms with Crippen LogP contribution in [0.1, 0.15) is 5.69 Å². The number of methoxy groups -OCH3 is 2. The number of phenols is 1. The van der Waals surface area contributed by atoms with E-state index in [2.05, 4.69) is 15.3 Å². The van der Waals surface area contributed by atoms with Gasteiger partial charge in [0.05, 0.1) is 25.7 Å². The van der Waals surface area contributed by atoms with E-state index in [-0.39, 0.29) is 22.4 Å². The first kappa shape index (κ1) is 23.2. The molecule has 0 saturated carbocycles. The summed E-state index contributed by atoms with van der Waals surface area (Å²) in [5, 5.41) is 11.8. The highest BCUT2D eigenvalue weighted by Crippen LogP contribution is 2.35. The molecule has 2 aromatic carbocycles. The largest absolute Gasteiger partial charge is 0.508 e. The predicted octanol–water partition coefficient (Wildman–Crippen LogP) is 4.62. The maximum Gasteiger partial charge on any atom is 0.433 e. The zero-order valence-electron chi connectivity index (χ0n) is 16.9. The predicted molar refractivity (Wildman–Crippen MR) is 113 cm³/mol. The highest BCUT2D eigenvalue weighted by Gasteiger charge is 2.34. The van der Waals surface area contributed by atoms with Crippen molar-refractivity contribution in [2.75, 3.05) is 25.3 Å². The molecule has 3 aromatic rings. The summed E-state index contributed by atoms with van der Waals surface area (Å²) in [6, 6.07) is 11.3. The van der Waals surface area contributed by atoms with Gasteiger partial charge in [0.25, 0.3) is 0 Å². The van der Waals surface area contributed by atoms with E-state index < -0.39 is 17.8 Å². The Morgan fingerprint density at radius 3 is 2.47 bits per heavy atom. The van der Waals surface area contributed by atoms with Crippen molar-refractivity contribution in [3.05, 3.63) is 54.2 Å². The molecule has 1 heterocycles. The van der Waals surface area contributed by atoms with Crippen LogP contribution in [0.5, 0.6) is 17.2 Å². The maximum absolute atomic E-state index is 13.4. The molecule has 0 aliphatic heterocycles. The highest BCUT2D eigenvalue weighted by molar-refractivity contribution is 7.99. The monoisotopic (exact) mass is 465 g/mol. The fourth-order valence-corrected chi connectivity index (χ4v) is 3.35. The van der Waals surface area contributed by atoms with Crippen LogP contribution in [0.4, 0.5) is 18.9 Å². The van der Waals surface area contributed by atoms with Crippen molar-refractivity contribution in [3.63, 3.8) is 0 Å². The van der Waals surface area contributed by atoms with Gasteiger partial charge in [0.15, 0.2) is 16.7 Å². The van der Waals surface area contributed by atoms with Gasteiger partial charge in [0, 0.05) is 17.3 Å². The number of hydrogen-bond acceptors (Lipinski definition) is 7. The number of hydrogen-bond donors (Lipinski definition) is 2. The van der Waals surface area contributed by atoms with E-state index in [1.165, 1.54) is 32.4 Å². The number of nitrogens with one attached hydrogen (secondary N) is 1. The van der Waals surface area contributed by atoms with Crippen molar-refractivity contribution in [1.29, 1.82) is 0 Å². The summed E-state index contributed by atoms with van der Waals surface area (Å²) in [6.45, 7) is 0. The van der Waals surface area contributed by atoms with Crippen molar-refractivity contribution < 1.29 is 32.5 Å². The second-order valence-electron chi connectivity index (χ2n) is 6.38. The van der Waals surface area contributed by atoms with Crippen LogP contribution in [0.2, 0.25) is 0 Å². The molecule has 2 N–H and O–H groups in total. The van der Waals surface area contributed by atoms with Crippen molar-refractivity contribution in [1.82, 2.24) is 9.97 Å². The average molecular weight is 465 g/mol. The zero-order chi connectivity index (χ0) is 23.3. The number of benzene rings is 2. The Morgan fingerprint density at radius 1 is 1.06 bits per heavy atom. The number of halogens is 3. The molecule has 0 radical (unpaired) electrons. The highest BCUT2D eigenvalue weighted by atomic mass is 32.2. The van der Waals surface area contributed by atoms with Crippen LogP contribution >= 0.6 is 11.8 Å². The SMILES string of the molecule is COc1ccc(-c2cc(C(F)(F)F)nc(SCC(=O)Nc3cccc(O)c3)n2)cc1OC. The molecule has 0 atom stereocenters. The number of carbonyl (C=O) groups excluding carboxylic acids is 1. The number of rotatable bonds is 7. The minimum atomic E-state index is -4.70. The van der Waals surface area contributed by atoms with E-state index in [9.17, 15) is 23.1 Å². The Labute approximate surface area is 185 Å². The molecule has 0 bridgehead atoms. The maximum atomic E-state index is 13.4. The number of phenolic OH excluding ortho intramolecular Hbond substituents is 1. The number of nitrogens with zero attached hydrogens (tertiary/aromatic N) is 2. The minimum absolute atomic E-state index is 0.0177. The van der Waals surface area contributed by atoms with Crippen molar-refractivity contribution in [3.8, 4) is 28.5 Å². The van der Waals surface area contributed by atoms with Crippen molar-refractivity contribution >= 4 is 23.4 Å². The van der Waals surface area contributed by atoms with E-state index in [1.807, 2.05) is 0 Å². The molecule has 1 amide bonds. The molecule has 0 aliphatic carbocycles. The van der Waals surface area contributed by atoms with Gasteiger partial charge in [-0.2, -0.15) is 13.2 Å². The quantitative estimate of drug-likeness (QED) is 0.389. The van der Waals surface area contributed by atoms with Crippen LogP contribution in [-0.4, -0.2) is 41.0 Å². The molecular formula is C21H18F3N3O4S. The molecule has 0 saturated heterocycles. The number of thioether (sulfide) groups is 1. The van der Waals surface area contributed by atoms with E-state index in [0.717, 1.165) is 17.8 Å². The molecule has 1 aromatic heterocycles. The number of alkyl halides is 3. The standard InChI is InChI=1S/C21H18F3N3O4S/c1-30-16-7-6-12(8-17(16)31-2)15-10-18(21(22,23)24)27-20(26-15)32-11-19(29)25-13-4-3-5-14(28)9-13/h3-10,28H,11H2,1-2H3,(H,25,29).